The van der Waals surface area contributed by atoms with Crippen LogP contribution in [0, 0.1) is 5.92 Å². The van der Waals surface area contributed by atoms with Gasteiger partial charge in [0.15, 0.2) is 0 Å². The number of nitrogens with zero attached hydrogens (tertiary/aromatic N) is 2. The molecule has 3 saturated heterocycles. The smallest absolute Gasteiger partial charge is 0.225 e. The Morgan fingerprint density at radius 1 is 1.24 bits per heavy atom. The van der Waals surface area contributed by atoms with Gasteiger partial charge in [0.05, 0.1) is 19.1 Å². The normalized spacial score (nSPS) is 27.4. The molecule has 0 radical (unpaired) electrons. The van der Waals surface area contributed by atoms with E-state index in [1.165, 1.54) is 0 Å². The van der Waals surface area contributed by atoms with Gasteiger partial charge >= 0.3 is 0 Å². The van der Waals surface area contributed by atoms with Crippen LogP contribution in [0.15, 0.2) is 0 Å². The van der Waals surface area contributed by atoms with Crippen molar-refractivity contribution in [2.24, 2.45) is 5.92 Å². The Kier molecular flexibility index (Phi) is 10.0. The van der Waals surface area contributed by atoms with E-state index in [2.05, 4.69) is 15.5 Å². The summed E-state index contributed by atoms with van der Waals surface area (Å²) >= 11 is 0. The Balaban J connectivity index is 0.00000156. The minimum atomic E-state index is -0.186. The number of carbonyl (C=O) groups excluding carboxylic acids is 2. The zero-order chi connectivity index (χ0) is 16.1. The molecule has 2 atom stereocenters. The van der Waals surface area contributed by atoms with Crippen LogP contribution in [-0.4, -0.2) is 86.7 Å². The molecule has 3 fully saturated rings. The molecule has 3 aliphatic rings. The summed E-state index contributed by atoms with van der Waals surface area (Å²) < 4.78 is 5.33. The van der Waals surface area contributed by atoms with Crippen molar-refractivity contribution in [2.45, 2.75) is 25.3 Å². The van der Waals surface area contributed by atoms with Crippen LogP contribution in [0.3, 0.4) is 0 Å². The van der Waals surface area contributed by atoms with Crippen molar-refractivity contribution in [1.82, 2.24) is 20.4 Å². The Bertz CT molecular complexity index is 430. The standard InChI is InChI=1S/C16H28N4O3.2ClH/c21-15-10-13(16(22)18-14-2-1-3-17-11-14)12-20(15)5-4-19-6-8-23-9-7-19;;/h13-14,17H,1-12H2,(H,18,22);2*1H/t13?,14-;;/m0../s1. The molecule has 2 amide bonds. The Morgan fingerprint density at radius 2 is 2.00 bits per heavy atom. The molecule has 0 aromatic rings. The van der Waals surface area contributed by atoms with Crippen molar-refractivity contribution in [3.63, 3.8) is 0 Å². The zero-order valence-electron chi connectivity index (χ0n) is 14.6. The number of hydrogen-bond donors (Lipinski definition) is 2. The van der Waals surface area contributed by atoms with E-state index in [4.69, 9.17) is 4.74 Å². The fourth-order valence-electron chi connectivity index (χ4n) is 3.54. The molecule has 0 aromatic heterocycles. The second-order valence-electron chi connectivity index (χ2n) is 6.75. The molecular formula is C16H30Cl2N4O3. The molecule has 3 rings (SSSR count). The average Bonchev–Trinajstić information content (AvgIpc) is 2.96. The lowest BCUT2D eigenvalue weighted by atomic mass is 10.0. The van der Waals surface area contributed by atoms with Crippen LogP contribution in [0.2, 0.25) is 0 Å². The van der Waals surface area contributed by atoms with Crippen molar-refractivity contribution in [3.8, 4) is 0 Å². The van der Waals surface area contributed by atoms with Crippen LogP contribution in [0.4, 0.5) is 0 Å². The van der Waals surface area contributed by atoms with Crippen molar-refractivity contribution in [1.29, 1.82) is 0 Å². The maximum absolute atomic E-state index is 12.4. The van der Waals surface area contributed by atoms with Crippen LogP contribution >= 0.6 is 24.8 Å². The summed E-state index contributed by atoms with van der Waals surface area (Å²) in [5, 5.41) is 6.40. The lowest BCUT2D eigenvalue weighted by Crippen LogP contribution is -2.48. The molecular weight excluding hydrogens is 367 g/mol. The van der Waals surface area contributed by atoms with Gasteiger partial charge in [-0.25, -0.2) is 0 Å². The van der Waals surface area contributed by atoms with Gasteiger partial charge < -0.3 is 20.3 Å². The number of nitrogens with one attached hydrogen (secondary N) is 2. The first-order valence-corrected chi connectivity index (χ1v) is 8.81. The van der Waals surface area contributed by atoms with E-state index < -0.39 is 0 Å². The lowest BCUT2D eigenvalue weighted by molar-refractivity contribution is -0.129. The number of piperidine rings is 1. The highest BCUT2D eigenvalue weighted by Gasteiger charge is 2.35. The maximum Gasteiger partial charge on any atom is 0.225 e. The van der Waals surface area contributed by atoms with Gasteiger partial charge in [-0.3, -0.25) is 14.5 Å². The topological polar surface area (TPSA) is 73.9 Å². The summed E-state index contributed by atoms with van der Waals surface area (Å²) in [7, 11) is 0. The molecule has 146 valence electrons. The number of rotatable bonds is 5. The first-order chi connectivity index (χ1) is 11.2. The van der Waals surface area contributed by atoms with E-state index in [-0.39, 0.29) is 48.6 Å². The summed E-state index contributed by atoms with van der Waals surface area (Å²) in [6, 6.07) is 0.216. The predicted octanol–water partition coefficient (Wildman–Crippen LogP) is -0.121. The molecule has 0 spiro atoms. The van der Waals surface area contributed by atoms with Crippen LogP contribution in [0.1, 0.15) is 19.3 Å². The number of morpholine rings is 1. The first-order valence-electron chi connectivity index (χ1n) is 8.81. The molecule has 9 heteroatoms. The highest BCUT2D eigenvalue weighted by Crippen LogP contribution is 2.18. The summed E-state index contributed by atoms with van der Waals surface area (Å²) in [5.74, 6) is -0.0322. The van der Waals surface area contributed by atoms with Crippen LogP contribution in [0.25, 0.3) is 0 Å². The van der Waals surface area contributed by atoms with Gasteiger partial charge in [0.25, 0.3) is 0 Å². The van der Waals surface area contributed by atoms with Crippen molar-refractivity contribution in [3.05, 3.63) is 0 Å². The Morgan fingerprint density at radius 3 is 2.68 bits per heavy atom. The van der Waals surface area contributed by atoms with Gasteiger partial charge in [-0.1, -0.05) is 0 Å². The van der Waals surface area contributed by atoms with Gasteiger partial charge in [-0.05, 0) is 19.4 Å². The third-order valence-electron chi connectivity index (χ3n) is 5.02. The highest BCUT2D eigenvalue weighted by molar-refractivity contribution is 5.89. The monoisotopic (exact) mass is 396 g/mol. The summed E-state index contributed by atoms with van der Waals surface area (Å²) in [6.07, 6.45) is 2.48. The molecule has 0 bridgehead atoms. The minimum absolute atomic E-state index is 0. The molecule has 0 aliphatic carbocycles. The largest absolute Gasteiger partial charge is 0.379 e. The van der Waals surface area contributed by atoms with Crippen LogP contribution in [0.5, 0.6) is 0 Å². The lowest BCUT2D eigenvalue weighted by Gasteiger charge is -2.28. The van der Waals surface area contributed by atoms with E-state index in [0.717, 1.165) is 58.8 Å². The summed E-state index contributed by atoms with van der Waals surface area (Å²) in [5.41, 5.74) is 0. The third-order valence-corrected chi connectivity index (χ3v) is 5.02. The van der Waals surface area contributed by atoms with Crippen molar-refractivity contribution < 1.29 is 14.3 Å². The SMILES string of the molecule is Cl.Cl.O=C(N[C@H]1CCCNC1)C1CC(=O)N(CCN2CCOCC2)C1. The number of carbonyl (C=O) groups is 2. The molecule has 3 heterocycles. The van der Waals surface area contributed by atoms with E-state index >= 15 is 0 Å². The van der Waals surface area contributed by atoms with Crippen LogP contribution in [-0.2, 0) is 14.3 Å². The van der Waals surface area contributed by atoms with Gasteiger partial charge in [-0.2, -0.15) is 0 Å². The van der Waals surface area contributed by atoms with Crippen molar-refractivity contribution >= 4 is 36.6 Å². The van der Waals surface area contributed by atoms with Gasteiger partial charge in [-0.15, -0.1) is 24.8 Å². The van der Waals surface area contributed by atoms with E-state index in [1.54, 1.807) is 0 Å². The number of amides is 2. The molecule has 7 nitrogen and oxygen atoms in total. The molecule has 2 N–H and O–H groups in total. The second kappa shape index (κ2) is 11.2. The molecule has 25 heavy (non-hydrogen) atoms. The second-order valence-corrected chi connectivity index (χ2v) is 6.75. The van der Waals surface area contributed by atoms with Crippen LogP contribution < -0.4 is 10.6 Å². The third kappa shape index (κ3) is 6.57. The highest BCUT2D eigenvalue weighted by atomic mass is 35.5. The van der Waals surface area contributed by atoms with E-state index in [9.17, 15) is 9.59 Å². The van der Waals surface area contributed by atoms with Gasteiger partial charge in [0.2, 0.25) is 11.8 Å². The maximum atomic E-state index is 12.4. The van der Waals surface area contributed by atoms with Crippen molar-refractivity contribution in [2.75, 3.05) is 59.0 Å². The number of halogens is 2. The first kappa shape index (κ1) is 22.4. The summed E-state index contributed by atoms with van der Waals surface area (Å²) in [6.45, 7) is 7.43. The Labute approximate surface area is 162 Å². The van der Waals surface area contributed by atoms with E-state index in [0.29, 0.717) is 19.5 Å². The molecule has 3 aliphatic heterocycles. The minimum Gasteiger partial charge on any atom is -0.379 e. The van der Waals surface area contributed by atoms with Gasteiger partial charge in [0, 0.05) is 51.7 Å². The number of likely N-dealkylation sites (tertiary alicyclic amines) is 1. The molecule has 0 aromatic carbocycles. The predicted molar refractivity (Wildman–Crippen MR) is 100 cm³/mol. The summed E-state index contributed by atoms with van der Waals surface area (Å²) in [4.78, 5) is 28.7. The number of hydrogen-bond acceptors (Lipinski definition) is 5. The van der Waals surface area contributed by atoms with E-state index in [1.807, 2.05) is 4.90 Å². The van der Waals surface area contributed by atoms with Gasteiger partial charge in [0.1, 0.15) is 0 Å². The number of ether oxygens (including phenoxy) is 1. The Hall–Kier alpha value is -0.600. The molecule has 0 saturated carbocycles. The quantitative estimate of drug-likeness (QED) is 0.677. The molecule has 1 unspecified atom stereocenters. The average molecular weight is 397 g/mol. The zero-order valence-corrected chi connectivity index (χ0v) is 16.2. The fourth-order valence-corrected chi connectivity index (χ4v) is 3.54. The fraction of sp³-hybridized carbons (Fsp3) is 0.875.